The van der Waals surface area contributed by atoms with Crippen molar-refractivity contribution in [2.75, 3.05) is 13.9 Å². The van der Waals surface area contributed by atoms with Gasteiger partial charge in [0.05, 0.1) is 11.7 Å². The van der Waals surface area contributed by atoms with E-state index in [0.717, 1.165) is 28.3 Å². The smallest absolute Gasteiger partial charge is 0.335 e. The van der Waals surface area contributed by atoms with Crippen LogP contribution >= 0.6 is 0 Å². The van der Waals surface area contributed by atoms with Gasteiger partial charge in [0, 0.05) is 13.0 Å². The predicted molar refractivity (Wildman–Crippen MR) is 113 cm³/mol. The van der Waals surface area contributed by atoms with Gasteiger partial charge in [-0.15, -0.1) is 0 Å². The van der Waals surface area contributed by atoms with Gasteiger partial charge < -0.3 is 14.6 Å². The van der Waals surface area contributed by atoms with Crippen molar-refractivity contribution in [1.82, 2.24) is 0 Å². The maximum Gasteiger partial charge on any atom is 0.335 e. The highest BCUT2D eigenvalue weighted by molar-refractivity contribution is 5.98. The number of methoxy groups -OCH3 is 1. The number of rotatable bonds is 5. The molecule has 4 nitrogen and oxygen atoms in total. The molecule has 0 aromatic heterocycles. The molecular weight excluding hydrogens is 364 g/mol. The number of benzene rings is 3. The second-order valence-corrected chi connectivity index (χ2v) is 8.33. The van der Waals surface area contributed by atoms with Crippen LogP contribution in [-0.2, 0) is 14.9 Å². The minimum Gasteiger partial charge on any atom is -0.478 e. The lowest BCUT2D eigenvalue weighted by molar-refractivity contribution is -0.0886. The van der Waals surface area contributed by atoms with Gasteiger partial charge in [-0.1, -0.05) is 68.4 Å². The fourth-order valence-electron chi connectivity index (χ4n) is 4.83. The fraction of sp³-hybridized carbons (Fsp3) is 0.320. The summed E-state index contributed by atoms with van der Waals surface area (Å²) in [6, 6.07) is 19.9. The van der Waals surface area contributed by atoms with Gasteiger partial charge in [0.15, 0.2) is 0 Å². The summed E-state index contributed by atoms with van der Waals surface area (Å²) in [5.74, 6) is -1.01. The molecule has 0 radical (unpaired) electrons. The SMILES string of the molecule is COCOC1c2ccccc2C(C)(C)CC1c1c(C(=O)O)ccc2ccccc12. The summed E-state index contributed by atoms with van der Waals surface area (Å²) in [7, 11) is 1.61. The van der Waals surface area contributed by atoms with Crippen molar-refractivity contribution in [1.29, 1.82) is 0 Å². The molecule has 0 bridgehead atoms. The first-order valence-electron chi connectivity index (χ1n) is 9.89. The molecule has 2 unspecified atom stereocenters. The summed E-state index contributed by atoms with van der Waals surface area (Å²) >= 11 is 0. The standard InChI is InChI=1S/C25H26O4/c1-25(2)14-20(23(29-15-28-3)18-10-6-7-11-21(18)25)22-17-9-5-4-8-16(17)12-13-19(22)24(26)27/h4-13,20,23H,14-15H2,1-3H3,(H,26,27). The zero-order valence-corrected chi connectivity index (χ0v) is 17.0. The number of hydrogen-bond acceptors (Lipinski definition) is 3. The first-order valence-corrected chi connectivity index (χ1v) is 9.89. The quantitative estimate of drug-likeness (QED) is 0.571. The van der Waals surface area contributed by atoms with Crippen LogP contribution in [0.5, 0.6) is 0 Å². The van der Waals surface area contributed by atoms with Crippen LogP contribution in [0.4, 0.5) is 0 Å². The Hall–Kier alpha value is -2.69. The Kier molecular flexibility index (Phi) is 5.15. The number of hydrogen-bond donors (Lipinski definition) is 1. The van der Waals surface area contributed by atoms with Gasteiger partial charge in [-0.05, 0) is 45.4 Å². The Morgan fingerprint density at radius 2 is 1.79 bits per heavy atom. The first-order chi connectivity index (χ1) is 13.9. The number of carboxylic acid groups (broad SMARTS) is 1. The molecule has 0 heterocycles. The molecule has 3 aromatic rings. The topological polar surface area (TPSA) is 55.8 Å². The van der Waals surface area contributed by atoms with Crippen molar-refractivity contribution < 1.29 is 19.4 Å². The molecule has 1 N–H and O–H groups in total. The molecule has 4 rings (SSSR count). The lowest BCUT2D eigenvalue weighted by atomic mass is 9.64. The Morgan fingerprint density at radius 1 is 1.07 bits per heavy atom. The minimum atomic E-state index is -0.909. The molecule has 0 aliphatic heterocycles. The molecule has 150 valence electrons. The molecule has 0 saturated heterocycles. The van der Waals surface area contributed by atoms with Gasteiger partial charge in [-0.25, -0.2) is 4.79 Å². The monoisotopic (exact) mass is 390 g/mol. The normalized spacial score (nSPS) is 20.4. The molecule has 4 heteroatoms. The summed E-state index contributed by atoms with van der Waals surface area (Å²) in [6.07, 6.45) is 0.509. The number of carbonyl (C=O) groups is 1. The van der Waals surface area contributed by atoms with Gasteiger partial charge in [0.25, 0.3) is 0 Å². The van der Waals surface area contributed by atoms with Gasteiger partial charge in [0.2, 0.25) is 0 Å². The number of aromatic carboxylic acids is 1. The Morgan fingerprint density at radius 3 is 2.55 bits per heavy atom. The lowest BCUT2D eigenvalue weighted by Crippen LogP contribution is -2.34. The summed E-state index contributed by atoms with van der Waals surface area (Å²) in [6.45, 7) is 4.59. The van der Waals surface area contributed by atoms with E-state index in [1.807, 2.05) is 36.4 Å². The summed E-state index contributed by atoms with van der Waals surface area (Å²) in [5, 5.41) is 12.0. The van der Waals surface area contributed by atoms with Crippen LogP contribution in [0.25, 0.3) is 10.8 Å². The number of carboxylic acids is 1. The first kappa shape index (κ1) is 19.6. The van der Waals surface area contributed by atoms with E-state index < -0.39 is 5.97 Å². The van der Waals surface area contributed by atoms with Crippen LogP contribution in [0.2, 0.25) is 0 Å². The Labute approximate surface area is 171 Å². The zero-order valence-electron chi connectivity index (χ0n) is 17.0. The second-order valence-electron chi connectivity index (χ2n) is 8.33. The van der Waals surface area contributed by atoms with Crippen LogP contribution in [0, 0.1) is 0 Å². The van der Waals surface area contributed by atoms with Gasteiger partial charge in [0.1, 0.15) is 6.79 Å². The van der Waals surface area contributed by atoms with Crippen molar-refractivity contribution in [3.05, 3.63) is 82.9 Å². The van der Waals surface area contributed by atoms with Crippen LogP contribution in [0.15, 0.2) is 60.7 Å². The van der Waals surface area contributed by atoms with Gasteiger partial charge >= 0.3 is 5.97 Å². The van der Waals surface area contributed by atoms with E-state index in [4.69, 9.17) is 9.47 Å². The van der Waals surface area contributed by atoms with E-state index in [0.29, 0.717) is 5.56 Å². The van der Waals surface area contributed by atoms with Crippen molar-refractivity contribution in [3.8, 4) is 0 Å². The molecule has 0 saturated carbocycles. The third kappa shape index (κ3) is 3.43. The molecule has 3 aromatic carbocycles. The summed E-state index contributed by atoms with van der Waals surface area (Å²) < 4.78 is 11.4. The zero-order chi connectivity index (χ0) is 20.6. The van der Waals surface area contributed by atoms with Crippen molar-refractivity contribution in [2.45, 2.75) is 37.7 Å². The average Bonchev–Trinajstić information content (AvgIpc) is 2.72. The van der Waals surface area contributed by atoms with Crippen molar-refractivity contribution >= 4 is 16.7 Å². The van der Waals surface area contributed by atoms with E-state index in [1.54, 1.807) is 13.2 Å². The maximum atomic E-state index is 12.2. The molecular formula is C25H26O4. The molecule has 0 spiro atoms. The van der Waals surface area contributed by atoms with Gasteiger partial charge in [-0.2, -0.15) is 0 Å². The highest BCUT2D eigenvalue weighted by Crippen LogP contribution is 2.52. The molecule has 29 heavy (non-hydrogen) atoms. The molecule has 1 aliphatic rings. The number of fused-ring (bicyclic) bond motifs is 2. The Bertz CT molecular complexity index is 1050. The average molecular weight is 390 g/mol. The van der Waals surface area contributed by atoms with E-state index >= 15 is 0 Å². The van der Waals surface area contributed by atoms with Gasteiger partial charge in [-0.3, -0.25) is 0 Å². The minimum absolute atomic E-state index is 0.104. The fourth-order valence-corrected chi connectivity index (χ4v) is 4.83. The van der Waals surface area contributed by atoms with Crippen LogP contribution < -0.4 is 0 Å². The maximum absolute atomic E-state index is 12.2. The van der Waals surface area contributed by atoms with Crippen molar-refractivity contribution in [3.63, 3.8) is 0 Å². The summed E-state index contributed by atoms with van der Waals surface area (Å²) in [5.41, 5.74) is 3.43. The van der Waals surface area contributed by atoms with Crippen molar-refractivity contribution in [2.24, 2.45) is 0 Å². The van der Waals surface area contributed by atoms with E-state index in [2.05, 4.69) is 32.0 Å². The van der Waals surface area contributed by atoms with E-state index in [1.165, 1.54) is 5.56 Å². The third-order valence-electron chi connectivity index (χ3n) is 6.03. The van der Waals surface area contributed by atoms with Crippen LogP contribution in [0.1, 0.15) is 59.3 Å². The van der Waals surface area contributed by atoms with E-state index in [-0.39, 0.29) is 24.2 Å². The second kappa shape index (κ2) is 7.62. The van der Waals surface area contributed by atoms with Crippen LogP contribution in [-0.4, -0.2) is 25.0 Å². The molecule has 1 aliphatic carbocycles. The van der Waals surface area contributed by atoms with E-state index in [9.17, 15) is 9.90 Å². The molecule has 0 fully saturated rings. The Balaban J connectivity index is 1.98. The highest BCUT2D eigenvalue weighted by atomic mass is 16.7. The van der Waals surface area contributed by atoms with Crippen LogP contribution in [0.3, 0.4) is 0 Å². The number of ether oxygens (including phenoxy) is 2. The summed E-state index contributed by atoms with van der Waals surface area (Å²) in [4.78, 5) is 12.2. The highest BCUT2D eigenvalue weighted by Gasteiger charge is 2.42. The molecule has 2 atom stereocenters. The predicted octanol–water partition coefficient (Wildman–Crippen LogP) is 5.66. The third-order valence-corrected chi connectivity index (χ3v) is 6.03. The lowest BCUT2D eigenvalue weighted by Gasteiger charge is -2.43. The largest absolute Gasteiger partial charge is 0.478 e. The molecule has 0 amide bonds.